The average molecular weight is 495 g/mol. The lowest BCUT2D eigenvalue weighted by Crippen LogP contribution is -2.32. The first-order valence-electron chi connectivity index (χ1n) is 13.7. The Morgan fingerprint density at radius 1 is 0.946 bits per heavy atom. The molecule has 0 unspecified atom stereocenters. The van der Waals surface area contributed by atoms with Gasteiger partial charge in [-0.3, -0.25) is 4.79 Å². The first kappa shape index (κ1) is 25.1. The van der Waals surface area contributed by atoms with Gasteiger partial charge >= 0.3 is 0 Å². The summed E-state index contributed by atoms with van der Waals surface area (Å²) in [7, 11) is 0. The number of piperidine rings is 2. The average Bonchev–Trinajstić information content (AvgIpc) is 2.95. The van der Waals surface area contributed by atoms with Crippen LogP contribution in [-0.2, 0) is 6.42 Å². The van der Waals surface area contributed by atoms with Crippen molar-refractivity contribution in [2.24, 2.45) is 5.92 Å². The molecule has 3 heterocycles. The van der Waals surface area contributed by atoms with Crippen molar-refractivity contribution >= 4 is 23.1 Å². The summed E-state index contributed by atoms with van der Waals surface area (Å²) in [6.07, 6.45) is 8.88. The topological polar surface area (TPSA) is 48.5 Å². The van der Waals surface area contributed by atoms with Crippen LogP contribution in [0.25, 0.3) is 5.70 Å². The van der Waals surface area contributed by atoms with Crippen LogP contribution in [0.2, 0.25) is 0 Å². The Morgan fingerprint density at radius 2 is 1.68 bits per heavy atom. The van der Waals surface area contributed by atoms with Crippen LogP contribution in [0.1, 0.15) is 59.2 Å². The molecular weight excluding hydrogens is 456 g/mol. The number of hydrogen-bond acceptors (Lipinski definition) is 4. The molecule has 2 fully saturated rings. The normalized spacial score (nSPS) is 16.5. The maximum absolute atomic E-state index is 13.0. The van der Waals surface area contributed by atoms with Gasteiger partial charge in [-0.2, -0.15) is 0 Å². The molecule has 2 aliphatic heterocycles. The maximum atomic E-state index is 13.0. The predicted molar refractivity (Wildman–Crippen MR) is 153 cm³/mol. The highest BCUT2D eigenvalue weighted by Crippen LogP contribution is 2.29. The largest absolute Gasteiger partial charge is 0.372 e. The Bertz CT molecular complexity index is 1210. The highest BCUT2D eigenvalue weighted by atomic mass is 16.1. The van der Waals surface area contributed by atoms with Crippen LogP contribution in [0.4, 0.5) is 11.5 Å². The van der Waals surface area contributed by atoms with E-state index in [2.05, 4.69) is 75.2 Å². The Hall–Kier alpha value is -3.60. The summed E-state index contributed by atoms with van der Waals surface area (Å²) in [5.41, 5.74) is 5.94. The first-order valence-corrected chi connectivity index (χ1v) is 13.7. The Labute approximate surface area is 221 Å². The van der Waals surface area contributed by atoms with Crippen molar-refractivity contribution in [2.75, 3.05) is 36.4 Å². The molecule has 1 amide bonds. The molecule has 3 aromatic rings. The van der Waals surface area contributed by atoms with Crippen LogP contribution in [0.3, 0.4) is 0 Å². The number of likely N-dealkylation sites (tertiary alicyclic amines) is 1. The van der Waals surface area contributed by atoms with E-state index in [0.717, 1.165) is 60.9 Å². The number of rotatable bonds is 7. The highest BCUT2D eigenvalue weighted by Gasteiger charge is 2.21. The Balaban J connectivity index is 1.19. The molecule has 1 N–H and O–H groups in total. The molecule has 0 bridgehead atoms. The number of nitrogens with zero attached hydrogens (tertiary/aromatic N) is 3. The van der Waals surface area contributed by atoms with Crippen LogP contribution in [-0.4, -0.2) is 42.0 Å². The fourth-order valence-corrected chi connectivity index (χ4v) is 5.50. The van der Waals surface area contributed by atoms with Gasteiger partial charge in [-0.25, -0.2) is 4.98 Å². The number of carbonyl (C=O) groups excluding carboxylic acids is 1. The number of amides is 1. The Morgan fingerprint density at radius 3 is 2.38 bits per heavy atom. The number of benzene rings is 2. The van der Waals surface area contributed by atoms with E-state index >= 15 is 0 Å². The summed E-state index contributed by atoms with van der Waals surface area (Å²) < 4.78 is 0. The van der Waals surface area contributed by atoms with Gasteiger partial charge in [0.1, 0.15) is 5.82 Å². The third-order valence-electron chi connectivity index (χ3n) is 7.87. The van der Waals surface area contributed by atoms with E-state index in [4.69, 9.17) is 0 Å². The second-order valence-corrected chi connectivity index (χ2v) is 10.5. The molecule has 2 aliphatic rings. The lowest BCUT2D eigenvalue weighted by atomic mass is 9.89. The second kappa shape index (κ2) is 11.6. The molecule has 0 aliphatic carbocycles. The third-order valence-corrected chi connectivity index (χ3v) is 7.87. The van der Waals surface area contributed by atoms with Crippen LogP contribution in [0.15, 0.2) is 73.4 Å². The quantitative estimate of drug-likeness (QED) is 0.404. The number of nitrogens with one attached hydrogen (secondary N) is 1. The van der Waals surface area contributed by atoms with E-state index in [-0.39, 0.29) is 5.91 Å². The number of aromatic nitrogens is 1. The molecule has 0 spiro atoms. The van der Waals surface area contributed by atoms with E-state index in [0.29, 0.717) is 11.5 Å². The van der Waals surface area contributed by atoms with Crippen molar-refractivity contribution in [3.05, 3.63) is 95.7 Å². The molecule has 2 aromatic carbocycles. The minimum Gasteiger partial charge on any atom is -0.372 e. The zero-order valence-corrected chi connectivity index (χ0v) is 22.0. The van der Waals surface area contributed by atoms with Crippen LogP contribution in [0.5, 0.6) is 0 Å². The minimum absolute atomic E-state index is 0.134. The van der Waals surface area contributed by atoms with Crippen molar-refractivity contribution in [1.29, 1.82) is 0 Å². The van der Waals surface area contributed by atoms with Crippen molar-refractivity contribution in [1.82, 2.24) is 9.88 Å². The zero-order chi connectivity index (χ0) is 25.6. The molecule has 2 saturated heterocycles. The Kier molecular flexibility index (Phi) is 7.88. The van der Waals surface area contributed by atoms with Gasteiger partial charge in [0.15, 0.2) is 0 Å². The molecule has 1 aromatic heterocycles. The molecule has 0 saturated carbocycles. The van der Waals surface area contributed by atoms with Crippen molar-refractivity contribution < 1.29 is 4.79 Å². The van der Waals surface area contributed by atoms with Gasteiger partial charge in [0.25, 0.3) is 5.91 Å². The van der Waals surface area contributed by atoms with Gasteiger partial charge in [-0.15, -0.1) is 0 Å². The first-order chi connectivity index (χ1) is 18.1. The van der Waals surface area contributed by atoms with E-state index in [1.807, 2.05) is 19.1 Å². The molecule has 192 valence electrons. The minimum atomic E-state index is -0.134. The molecule has 5 nitrogen and oxygen atoms in total. The predicted octanol–water partition coefficient (Wildman–Crippen LogP) is 6.56. The fraction of sp³-hybridized carbons (Fsp3) is 0.375. The van der Waals surface area contributed by atoms with Crippen molar-refractivity contribution in [3.8, 4) is 0 Å². The summed E-state index contributed by atoms with van der Waals surface area (Å²) in [4.78, 5) is 22.3. The molecule has 0 radical (unpaired) electrons. The molecule has 0 atom stereocenters. The lowest BCUT2D eigenvalue weighted by molar-refractivity contribution is 0.102. The lowest BCUT2D eigenvalue weighted by Gasteiger charge is -2.35. The third kappa shape index (κ3) is 6.22. The summed E-state index contributed by atoms with van der Waals surface area (Å²) in [6.45, 7) is 10.6. The second-order valence-electron chi connectivity index (χ2n) is 10.5. The number of pyridine rings is 1. The van der Waals surface area contributed by atoms with E-state index in [9.17, 15) is 4.79 Å². The molecule has 5 rings (SSSR count). The van der Waals surface area contributed by atoms with Gasteiger partial charge in [-0.05, 0) is 86.3 Å². The monoisotopic (exact) mass is 494 g/mol. The van der Waals surface area contributed by atoms with Crippen molar-refractivity contribution in [2.45, 2.75) is 45.4 Å². The van der Waals surface area contributed by atoms with Crippen LogP contribution >= 0.6 is 0 Å². The number of anilines is 2. The number of hydrogen-bond donors (Lipinski definition) is 1. The number of carbonyl (C=O) groups is 1. The summed E-state index contributed by atoms with van der Waals surface area (Å²) in [6, 6.07) is 20.9. The zero-order valence-electron chi connectivity index (χ0n) is 22.0. The van der Waals surface area contributed by atoms with Gasteiger partial charge in [-0.1, -0.05) is 49.0 Å². The van der Waals surface area contributed by atoms with Gasteiger partial charge < -0.3 is 15.1 Å². The standard InChI is InChI=1S/C32H38N4O/c1-24-11-12-28(25(2)35-19-15-27(16-20-35)21-26-9-5-3-6-10-26)22-30(24)34-32(37)29-13-14-31(33-23-29)36-17-7-4-8-18-36/h3,5-6,9-14,22-23,27H,2,4,7-8,15-21H2,1H3,(H,34,37). The van der Waals surface area contributed by atoms with Crippen molar-refractivity contribution in [3.63, 3.8) is 0 Å². The van der Waals surface area contributed by atoms with Gasteiger partial charge in [0.05, 0.1) is 5.56 Å². The summed E-state index contributed by atoms with van der Waals surface area (Å²) >= 11 is 0. The van der Waals surface area contributed by atoms with E-state index in [1.165, 1.54) is 37.7 Å². The fourth-order valence-electron chi connectivity index (χ4n) is 5.50. The molecule has 37 heavy (non-hydrogen) atoms. The molecular formula is C32H38N4O. The van der Waals surface area contributed by atoms with Gasteiger partial charge in [0.2, 0.25) is 0 Å². The SMILES string of the molecule is C=C(c1ccc(C)c(NC(=O)c2ccc(N3CCCCC3)nc2)c1)N1CCC(Cc2ccccc2)CC1. The maximum Gasteiger partial charge on any atom is 0.257 e. The van der Waals surface area contributed by atoms with Gasteiger partial charge in [0, 0.05) is 43.8 Å². The number of aryl methyl sites for hydroxylation is 1. The smallest absolute Gasteiger partial charge is 0.257 e. The van der Waals surface area contributed by atoms with Crippen LogP contribution < -0.4 is 10.2 Å². The van der Waals surface area contributed by atoms with Crippen LogP contribution in [0, 0.1) is 12.8 Å². The summed E-state index contributed by atoms with van der Waals surface area (Å²) in [5, 5.41) is 3.11. The highest BCUT2D eigenvalue weighted by molar-refractivity contribution is 6.04. The van der Waals surface area contributed by atoms with E-state index < -0.39 is 0 Å². The molecule has 5 heteroatoms. The van der Waals surface area contributed by atoms with E-state index in [1.54, 1.807) is 6.20 Å². The summed E-state index contributed by atoms with van der Waals surface area (Å²) in [5.74, 6) is 1.54.